The molecule has 27 heavy (non-hydrogen) atoms. The zero-order valence-corrected chi connectivity index (χ0v) is 19.1. The molecule has 148 valence electrons. The number of nitrogens with one attached hydrogen (secondary N) is 1. The van der Waals surface area contributed by atoms with Gasteiger partial charge in [-0.05, 0) is 31.0 Å². The Bertz CT molecular complexity index is 771. The van der Waals surface area contributed by atoms with Gasteiger partial charge in [-0.15, -0.1) is 24.0 Å². The Morgan fingerprint density at radius 2 is 2.00 bits per heavy atom. The summed E-state index contributed by atoms with van der Waals surface area (Å²) in [6.45, 7) is 8.46. The molecule has 6 nitrogen and oxygen atoms in total. The fraction of sp³-hybridized carbons (Fsp3) is 0.474. The van der Waals surface area contributed by atoms with Gasteiger partial charge < -0.3 is 19.6 Å². The molecular weight excluding hydrogens is 477 g/mol. The molecule has 1 aliphatic rings. The number of piperazine rings is 1. The van der Waals surface area contributed by atoms with Gasteiger partial charge in [0, 0.05) is 50.0 Å². The predicted molar refractivity (Wildman–Crippen MR) is 121 cm³/mol. The zero-order valence-electron chi connectivity index (χ0n) is 16.0. The van der Waals surface area contributed by atoms with Crippen LogP contribution in [-0.2, 0) is 13.0 Å². The highest BCUT2D eigenvalue weighted by Crippen LogP contribution is 2.25. The second-order valence-electron chi connectivity index (χ2n) is 6.44. The molecule has 8 heteroatoms. The lowest BCUT2D eigenvalue weighted by molar-refractivity contribution is 0.356. The van der Waals surface area contributed by atoms with Gasteiger partial charge in [-0.2, -0.15) is 0 Å². The molecule has 0 saturated carbocycles. The lowest BCUT2D eigenvalue weighted by Crippen LogP contribution is -2.52. The van der Waals surface area contributed by atoms with Crippen molar-refractivity contribution >= 4 is 47.2 Å². The third kappa shape index (κ3) is 5.51. The van der Waals surface area contributed by atoms with Crippen molar-refractivity contribution < 1.29 is 4.52 Å². The Kier molecular flexibility index (Phi) is 8.22. The molecule has 0 unspecified atom stereocenters. The lowest BCUT2D eigenvalue weighted by atomic mass is 10.1. The van der Waals surface area contributed by atoms with E-state index < -0.39 is 0 Å². The monoisotopic (exact) mass is 503 g/mol. The van der Waals surface area contributed by atoms with Crippen molar-refractivity contribution in [3.05, 3.63) is 46.3 Å². The molecule has 2 aromatic rings. The molecule has 0 aliphatic carbocycles. The molecule has 0 atom stereocenters. The summed E-state index contributed by atoms with van der Waals surface area (Å²) in [4.78, 5) is 9.07. The summed E-state index contributed by atoms with van der Waals surface area (Å²) in [6, 6.07) is 8.05. The van der Waals surface area contributed by atoms with Crippen LogP contribution < -0.4 is 10.2 Å². The minimum absolute atomic E-state index is 0. The first-order valence-electron chi connectivity index (χ1n) is 9.02. The van der Waals surface area contributed by atoms with E-state index in [4.69, 9.17) is 16.1 Å². The van der Waals surface area contributed by atoms with Crippen LogP contribution in [0.4, 0.5) is 5.69 Å². The van der Waals surface area contributed by atoms with Crippen LogP contribution in [0.2, 0.25) is 5.02 Å². The molecule has 0 radical (unpaired) electrons. The van der Waals surface area contributed by atoms with Crippen molar-refractivity contribution in [2.24, 2.45) is 4.99 Å². The molecule has 1 saturated heterocycles. The van der Waals surface area contributed by atoms with Gasteiger partial charge in [-0.1, -0.05) is 29.7 Å². The first-order valence-corrected chi connectivity index (χ1v) is 9.39. The number of benzene rings is 1. The number of aliphatic imine (C=N–C) groups is 1. The summed E-state index contributed by atoms with van der Waals surface area (Å²) in [5.41, 5.74) is 3.44. The Balaban J connectivity index is 0.00000261. The summed E-state index contributed by atoms with van der Waals surface area (Å²) in [5, 5.41) is 8.18. The van der Waals surface area contributed by atoms with E-state index in [0.717, 1.165) is 55.0 Å². The average Bonchev–Trinajstić information content (AvgIpc) is 3.13. The largest absolute Gasteiger partial charge is 0.368 e. The van der Waals surface area contributed by atoms with Gasteiger partial charge in [0.25, 0.3) is 0 Å². The highest BCUT2D eigenvalue weighted by molar-refractivity contribution is 14.0. The highest BCUT2D eigenvalue weighted by atomic mass is 127. The Labute approximate surface area is 183 Å². The van der Waals surface area contributed by atoms with Gasteiger partial charge in [0.1, 0.15) is 0 Å². The van der Waals surface area contributed by atoms with E-state index in [1.165, 1.54) is 11.3 Å². The van der Waals surface area contributed by atoms with Gasteiger partial charge in [-0.3, -0.25) is 4.99 Å². The smallest absolute Gasteiger partial charge is 0.194 e. The van der Waals surface area contributed by atoms with Crippen LogP contribution in [0, 0.1) is 6.92 Å². The van der Waals surface area contributed by atoms with Crippen LogP contribution in [0.1, 0.15) is 23.9 Å². The van der Waals surface area contributed by atoms with Crippen LogP contribution >= 0.6 is 35.6 Å². The topological polar surface area (TPSA) is 56.9 Å². The number of hydrogen-bond acceptors (Lipinski definition) is 4. The molecule has 1 N–H and O–H groups in total. The molecule has 3 rings (SSSR count). The van der Waals surface area contributed by atoms with E-state index in [-0.39, 0.29) is 24.0 Å². The van der Waals surface area contributed by atoms with Crippen LogP contribution in [0.3, 0.4) is 0 Å². The van der Waals surface area contributed by atoms with Crippen LogP contribution in [0.25, 0.3) is 0 Å². The normalized spacial score (nSPS) is 14.9. The summed E-state index contributed by atoms with van der Waals surface area (Å²) in [6.07, 6.45) is 0.878. The lowest BCUT2D eigenvalue weighted by Gasteiger charge is -2.38. The molecule has 1 aromatic carbocycles. The van der Waals surface area contributed by atoms with Crippen molar-refractivity contribution in [1.29, 1.82) is 0 Å². The van der Waals surface area contributed by atoms with E-state index in [0.29, 0.717) is 6.54 Å². The Morgan fingerprint density at radius 3 is 2.63 bits per heavy atom. The average molecular weight is 504 g/mol. The van der Waals surface area contributed by atoms with Crippen LogP contribution in [-0.4, -0.2) is 49.2 Å². The third-order valence-corrected chi connectivity index (χ3v) is 4.93. The number of halogens is 2. The SMILES string of the molecule is CCc1cc(CNC(=NC)N2CCN(c3cc(Cl)ccc3C)CC2)on1.I. The van der Waals surface area contributed by atoms with Crippen molar-refractivity contribution in [2.45, 2.75) is 26.8 Å². The highest BCUT2D eigenvalue weighted by Gasteiger charge is 2.21. The Morgan fingerprint density at radius 1 is 1.26 bits per heavy atom. The standard InChI is InChI=1S/C19H26ClN5O.HI/c1-4-16-12-17(26-23-16)13-22-19(21-3)25-9-7-24(8-10-25)18-11-15(20)6-5-14(18)2;/h5-6,11-12H,4,7-10,13H2,1-3H3,(H,21,22);1H. The van der Waals surface area contributed by atoms with Gasteiger partial charge in [-0.25, -0.2) is 0 Å². The number of aromatic nitrogens is 1. The summed E-state index contributed by atoms with van der Waals surface area (Å²) in [5.74, 6) is 1.72. The van der Waals surface area contributed by atoms with E-state index in [1.54, 1.807) is 0 Å². The minimum atomic E-state index is 0. The zero-order chi connectivity index (χ0) is 18.5. The van der Waals surface area contributed by atoms with Gasteiger partial charge >= 0.3 is 0 Å². The van der Waals surface area contributed by atoms with E-state index >= 15 is 0 Å². The van der Waals surface area contributed by atoms with Crippen LogP contribution in [0.5, 0.6) is 0 Å². The quantitative estimate of drug-likeness (QED) is 0.392. The van der Waals surface area contributed by atoms with Gasteiger partial charge in [0.15, 0.2) is 11.7 Å². The Hall–Kier alpha value is -1.48. The van der Waals surface area contributed by atoms with E-state index in [2.05, 4.69) is 51.2 Å². The minimum Gasteiger partial charge on any atom is -0.368 e. The second-order valence-corrected chi connectivity index (χ2v) is 6.88. The third-order valence-electron chi connectivity index (χ3n) is 4.69. The van der Waals surface area contributed by atoms with Gasteiger partial charge in [0.05, 0.1) is 12.2 Å². The van der Waals surface area contributed by atoms with Crippen molar-refractivity contribution in [3.8, 4) is 0 Å². The molecule has 1 aromatic heterocycles. The fourth-order valence-corrected chi connectivity index (χ4v) is 3.35. The molecule has 1 fully saturated rings. The number of guanidine groups is 1. The van der Waals surface area contributed by atoms with Gasteiger partial charge in [0.2, 0.25) is 0 Å². The van der Waals surface area contributed by atoms with Crippen molar-refractivity contribution in [2.75, 3.05) is 38.1 Å². The number of aryl methyl sites for hydroxylation is 2. The first-order chi connectivity index (χ1) is 12.6. The molecule has 0 amide bonds. The number of rotatable bonds is 4. The number of hydrogen-bond donors (Lipinski definition) is 1. The number of nitrogens with zero attached hydrogens (tertiary/aromatic N) is 4. The molecule has 1 aliphatic heterocycles. The molecule has 0 spiro atoms. The summed E-state index contributed by atoms with van der Waals surface area (Å²) < 4.78 is 5.33. The van der Waals surface area contributed by atoms with Crippen molar-refractivity contribution in [1.82, 2.24) is 15.4 Å². The maximum Gasteiger partial charge on any atom is 0.194 e. The van der Waals surface area contributed by atoms with E-state index in [9.17, 15) is 0 Å². The summed E-state index contributed by atoms with van der Waals surface area (Å²) >= 11 is 6.17. The van der Waals surface area contributed by atoms with Crippen molar-refractivity contribution in [3.63, 3.8) is 0 Å². The number of anilines is 1. The molecule has 0 bridgehead atoms. The summed E-state index contributed by atoms with van der Waals surface area (Å²) in [7, 11) is 1.81. The van der Waals surface area contributed by atoms with E-state index in [1.807, 2.05) is 19.2 Å². The molecular formula is C19H27ClIN5O. The maximum absolute atomic E-state index is 6.17. The second kappa shape index (κ2) is 10.2. The predicted octanol–water partition coefficient (Wildman–Crippen LogP) is 3.71. The molecule has 2 heterocycles. The maximum atomic E-state index is 6.17. The first kappa shape index (κ1) is 21.8. The van der Waals surface area contributed by atoms with Crippen LogP contribution in [0.15, 0.2) is 33.8 Å². The fourth-order valence-electron chi connectivity index (χ4n) is 3.19.